The van der Waals surface area contributed by atoms with E-state index in [-0.39, 0.29) is 5.78 Å². The van der Waals surface area contributed by atoms with Crippen molar-refractivity contribution in [2.45, 2.75) is 38.1 Å². The number of hydrogen-bond acceptors (Lipinski definition) is 2. The Morgan fingerprint density at radius 2 is 2.22 bits per heavy atom. The van der Waals surface area contributed by atoms with Crippen LogP contribution in [0.3, 0.4) is 0 Å². The number of nitrogens with zero attached hydrogens (tertiary/aromatic N) is 1. The zero-order valence-corrected chi connectivity index (χ0v) is 11.1. The molecule has 1 unspecified atom stereocenters. The summed E-state index contributed by atoms with van der Waals surface area (Å²) in [6.07, 6.45) is 4.38. The molecular weight excluding hydrogens is 250 g/mol. The lowest BCUT2D eigenvalue weighted by atomic mass is 9.82. The minimum Gasteiger partial charge on any atom is -0.623 e. The molecule has 0 heterocycles. The number of halogens is 1. The number of carbonyl (C=O) groups is 1. The molecule has 0 saturated heterocycles. The minimum atomic E-state index is -0.916. The van der Waals surface area contributed by atoms with Crippen molar-refractivity contribution >= 4 is 23.6 Å². The Hall–Kier alpha value is -1.35. The van der Waals surface area contributed by atoms with Gasteiger partial charge in [-0.2, -0.15) is 4.74 Å². The van der Waals surface area contributed by atoms with Crippen molar-refractivity contribution in [1.82, 2.24) is 0 Å². The average Bonchev–Trinajstić information content (AvgIpc) is 2.33. The van der Waals surface area contributed by atoms with Gasteiger partial charge in [-0.15, -0.1) is 0 Å². The van der Waals surface area contributed by atoms with Gasteiger partial charge >= 0.3 is 0 Å². The lowest BCUT2D eigenvalue weighted by Crippen LogP contribution is -2.46. The van der Waals surface area contributed by atoms with Gasteiger partial charge < -0.3 is 5.21 Å². The molecule has 0 bridgehead atoms. The van der Waals surface area contributed by atoms with Crippen LogP contribution in [0, 0.1) is 5.21 Å². The number of carbonyl (C=O) groups excluding carboxylic acids is 1. The highest BCUT2D eigenvalue weighted by Gasteiger charge is 2.42. The predicted molar refractivity (Wildman–Crippen MR) is 72.1 cm³/mol. The van der Waals surface area contributed by atoms with E-state index in [1.165, 1.54) is 6.21 Å². The maximum Gasteiger partial charge on any atom is 0.227 e. The minimum absolute atomic E-state index is 0.0297. The quantitative estimate of drug-likeness (QED) is 0.357. The zero-order chi connectivity index (χ0) is 13.2. The second-order valence-corrected chi connectivity index (χ2v) is 5.35. The lowest BCUT2D eigenvalue weighted by Gasteiger charge is -2.30. The van der Waals surface area contributed by atoms with Gasteiger partial charge in [-0.25, -0.2) is 0 Å². The Morgan fingerprint density at radius 1 is 1.44 bits per heavy atom. The van der Waals surface area contributed by atoms with E-state index in [1.54, 1.807) is 31.2 Å². The topological polar surface area (TPSA) is 43.1 Å². The summed E-state index contributed by atoms with van der Waals surface area (Å²) in [6, 6.07) is 7.05. The van der Waals surface area contributed by atoms with Crippen molar-refractivity contribution in [1.29, 1.82) is 0 Å². The van der Waals surface area contributed by atoms with Crippen LogP contribution in [0.5, 0.6) is 0 Å². The number of hydroxylamine groups is 1. The van der Waals surface area contributed by atoms with Crippen molar-refractivity contribution in [3.8, 4) is 0 Å². The van der Waals surface area contributed by atoms with E-state index >= 15 is 0 Å². The Bertz CT molecular complexity index is 498. The SMILES string of the molecule is CC1(/[N+]([O-])=C/c2cccc(Cl)c2)CCCCC1=O. The summed E-state index contributed by atoms with van der Waals surface area (Å²) in [7, 11) is 0. The molecule has 1 atom stereocenters. The van der Waals surface area contributed by atoms with Crippen LogP contribution in [0.2, 0.25) is 5.02 Å². The first-order valence-electron chi connectivity index (χ1n) is 6.12. The van der Waals surface area contributed by atoms with Crippen LogP contribution in [0.15, 0.2) is 24.3 Å². The molecule has 1 fully saturated rings. The second kappa shape index (κ2) is 5.11. The summed E-state index contributed by atoms with van der Waals surface area (Å²) >= 11 is 5.87. The standard InChI is InChI=1S/C14H16ClNO2/c1-14(8-3-2-7-13(14)17)16(18)10-11-5-4-6-12(15)9-11/h4-6,9-10H,2-3,7-8H2,1H3/b16-10-. The first kappa shape index (κ1) is 13.1. The fourth-order valence-electron chi connectivity index (χ4n) is 2.26. The van der Waals surface area contributed by atoms with Crippen molar-refractivity contribution in [2.24, 2.45) is 0 Å². The molecule has 1 saturated carbocycles. The second-order valence-electron chi connectivity index (χ2n) is 4.91. The van der Waals surface area contributed by atoms with Gasteiger partial charge in [-0.05, 0) is 31.0 Å². The van der Waals surface area contributed by atoms with Crippen molar-refractivity contribution < 1.29 is 9.53 Å². The fraction of sp³-hybridized carbons (Fsp3) is 0.429. The molecule has 1 aliphatic carbocycles. The van der Waals surface area contributed by atoms with E-state index in [1.807, 2.05) is 0 Å². The van der Waals surface area contributed by atoms with E-state index in [2.05, 4.69) is 0 Å². The van der Waals surface area contributed by atoms with E-state index < -0.39 is 5.54 Å². The van der Waals surface area contributed by atoms with E-state index in [0.29, 0.717) is 17.9 Å². The maximum atomic E-state index is 12.2. The Labute approximate surface area is 112 Å². The highest BCUT2D eigenvalue weighted by atomic mass is 35.5. The van der Waals surface area contributed by atoms with Crippen LogP contribution in [-0.2, 0) is 4.79 Å². The van der Waals surface area contributed by atoms with Gasteiger partial charge in [0, 0.05) is 30.4 Å². The lowest BCUT2D eigenvalue weighted by molar-refractivity contribution is -0.525. The maximum absolute atomic E-state index is 12.2. The molecule has 0 aromatic heterocycles. The summed E-state index contributed by atoms with van der Waals surface area (Å²) < 4.78 is 0.792. The van der Waals surface area contributed by atoms with Crippen LogP contribution in [0.25, 0.3) is 0 Å². The summed E-state index contributed by atoms with van der Waals surface area (Å²) in [5, 5.41) is 12.8. The van der Waals surface area contributed by atoms with Crippen molar-refractivity contribution in [3.05, 3.63) is 40.1 Å². The van der Waals surface area contributed by atoms with E-state index in [4.69, 9.17) is 11.6 Å². The smallest absolute Gasteiger partial charge is 0.227 e. The molecule has 1 aromatic carbocycles. The Kier molecular flexibility index (Phi) is 3.71. The molecule has 1 aromatic rings. The van der Waals surface area contributed by atoms with Crippen LogP contribution in [0.4, 0.5) is 0 Å². The van der Waals surface area contributed by atoms with Gasteiger partial charge in [0.2, 0.25) is 11.3 Å². The Morgan fingerprint density at radius 3 is 2.89 bits per heavy atom. The third-order valence-electron chi connectivity index (χ3n) is 3.52. The van der Waals surface area contributed by atoms with Gasteiger partial charge in [0.1, 0.15) is 0 Å². The van der Waals surface area contributed by atoms with Crippen LogP contribution >= 0.6 is 11.6 Å². The molecule has 1 aliphatic rings. The number of rotatable bonds is 2. The number of ketones is 1. The highest BCUT2D eigenvalue weighted by molar-refractivity contribution is 6.30. The zero-order valence-electron chi connectivity index (χ0n) is 10.4. The first-order chi connectivity index (χ1) is 8.52. The van der Waals surface area contributed by atoms with Crippen LogP contribution < -0.4 is 0 Å². The van der Waals surface area contributed by atoms with Gasteiger partial charge in [0.05, 0.1) is 0 Å². The largest absolute Gasteiger partial charge is 0.623 e. The normalized spacial score (nSPS) is 25.2. The van der Waals surface area contributed by atoms with E-state index in [0.717, 1.165) is 23.1 Å². The monoisotopic (exact) mass is 265 g/mol. The molecule has 0 amide bonds. The van der Waals surface area contributed by atoms with Gasteiger partial charge in [-0.3, -0.25) is 4.79 Å². The molecule has 0 aliphatic heterocycles. The number of hydrogen-bond donors (Lipinski definition) is 0. The highest BCUT2D eigenvalue weighted by Crippen LogP contribution is 2.27. The molecular formula is C14H16ClNO2. The third-order valence-corrected chi connectivity index (χ3v) is 3.75. The van der Waals surface area contributed by atoms with Gasteiger partial charge in [0.15, 0.2) is 6.21 Å². The van der Waals surface area contributed by atoms with Gasteiger partial charge in [-0.1, -0.05) is 17.7 Å². The molecule has 4 heteroatoms. The molecule has 2 rings (SSSR count). The third kappa shape index (κ3) is 2.56. The van der Waals surface area contributed by atoms with Crippen LogP contribution in [0.1, 0.15) is 38.2 Å². The first-order valence-corrected chi connectivity index (χ1v) is 6.50. The summed E-state index contributed by atoms with van der Waals surface area (Å²) in [5.41, 5.74) is -0.197. The number of Topliss-reactive ketones (excluding diaryl/α,β-unsaturated/α-hetero) is 1. The van der Waals surface area contributed by atoms with Crippen molar-refractivity contribution in [3.63, 3.8) is 0 Å². The molecule has 0 radical (unpaired) electrons. The van der Waals surface area contributed by atoms with E-state index in [9.17, 15) is 10.0 Å². The Balaban J connectivity index is 2.29. The molecule has 18 heavy (non-hydrogen) atoms. The molecule has 3 nitrogen and oxygen atoms in total. The predicted octanol–water partition coefficient (Wildman–Crippen LogP) is 3.17. The summed E-state index contributed by atoms with van der Waals surface area (Å²) in [5.74, 6) is 0.0297. The summed E-state index contributed by atoms with van der Waals surface area (Å²) in [6.45, 7) is 1.72. The molecule has 0 N–H and O–H groups in total. The molecule has 0 spiro atoms. The van der Waals surface area contributed by atoms with Crippen molar-refractivity contribution in [2.75, 3.05) is 0 Å². The molecule has 96 valence electrons. The average molecular weight is 266 g/mol. The van der Waals surface area contributed by atoms with Gasteiger partial charge in [0.25, 0.3) is 0 Å². The fourth-order valence-corrected chi connectivity index (χ4v) is 2.46. The summed E-state index contributed by atoms with van der Waals surface area (Å²) in [4.78, 5) is 11.9. The number of benzene rings is 1. The van der Waals surface area contributed by atoms with Crippen LogP contribution in [-0.4, -0.2) is 22.3 Å².